The van der Waals surface area contributed by atoms with E-state index in [4.69, 9.17) is 15.3 Å². The molecular weight excluding hydrogens is 348 g/mol. The van der Waals surface area contributed by atoms with Crippen LogP contribution < -0.4 is 0 Å². The number of hydrogen-bond donors (Lipinski definition) is 3. The Hall–Kier alpha value is -1.85. The fraction of sp³-hybridized carbons (Fsp3) is 0.762. The summed E-state index contributed by atoms with van der Waals surface area (Å²) in [7, 11) is 0. The highest BCUT2D eigenvalue weighted by Gasteiger charge is 2.01. The van der Waals surface area contributed by atoms with Gasteiger partial charge < -0.3 is 15.3 Å². The van der Waals surface area contributed by atoms with E-state index in [1.54, 1.807) is 0 Å². The molecule has 0 bridgehead atoms. The number of carbonyl (C=O) groups is 3. The van der Waals surface area contributed by atoms with Gasteiger partial charge in [0.15, 0.2) is 0 Å². The molecule has 0 aromatic carbocycles. The van der Waals surface area contributed by atoms with Crippen LogP contribution in [0.4, 0.5) is 0 Å². The summed E-state index contributed by atoms with van der Waals surface area (Å²) in [5, 5.41) is 23.9. The predicted octanol–water partition coefficient (Wildman–Crippen LogP) is 5.65. The normalized spacial score (nSPS) is 10.4. The lowest BCUT2D eigenvalue weighted by atomic mass is 10.1. The van der Waals surface area contributed by atoms with Gasteiger partial charge in [0.05, 0.1) is 0 Å². The molecule has 6 heteroatoms. The summed E-state index contributed by atoms with van der Waals surface area (Å²) in [5.74, 6) is -3.29. The van der Waals surface area contributed by atoms with Crippen molar-refractivity contribution in [3.63, 3.8) is 0 Å². The molecule has 0 radical (unpaired) electrons. The van der Waals surface area contributed by atoms with Crippen LogP contribution in [0.25, 0.3) is 0 Å². The Morgan fingerprint density at radius 3 is 1.37 bits per heavy atom. The molecular formula is C21H38O6. The molecule has 0 amide bonds. The van der Waals surface area contributed by atoms with Crippen molar-refractivity contribution in [2.24, 2.45) is 0 Å². The molecule has 0 fully saturated rings. The number of allylic oxidation sites excluding steroid dienone is 2. The third-order valence-electron chi connectivity index (χ3n) is 3.95. The van der Waals surface area contributed by atoms with E-state index in [1.807, 2.05) is 0 Å². The lowest BCUT2D eigenvalue weighted by molar-refractivity contribution is -0.147. The van der Waals surface area contributed by atoms with Gasteiger partial charge in [-0.3, -0.25) is 14.4 Å². The zero-order valence-electron chi connectivity index (χ0n) is 16.8. The molecule has 0 aromatic rings. The van der Waals surface area contributed by atoms with Gasteiger partial charge in [0.25, 0.3) is 0 Å². The van der Waals surface area contributed by atoms with Gasteiger partial charge in [0, 0.05) is 6.42 Å². The molecule has 6 nitrogen and oxygen atoms in total. The lowest BCUT2D eigenvalue weighted by Crippen LogP contribution is -2.03. The molecule has 0 spiro atoms. The highest BCUT2D eigenvalue weighted by molar-refractivity contribution is 5.88. The Bertz CT molecular complexity index is 391. The summed E-state index contributed by atoms with van der Waals surface area (Å²) < 4.78 is 0. The average Bonchev–Trinajstić information content (AvgIpc) is 2.57. The number of hydrogen-bond acceptors (Lipinski definition) is 3. The zero-order chi connectivity index (χ0) is 20.8. The van der Waals surface area contributed by atoms with Gasteiger partial charge in [-0.2, -0.15) is 0 Å². The first-order chi connectivity index (χ1) is 12.9. The van der Waals surface area contributed by atoms with E-state index in [1.165, 1.54) is 70.6 Å². The number of unbranched alkanes of at least 4 members (excludes halogenated alkanes) is 11. The Morgan fingerprint density at radius 2 is 1.00 bits per heavy atom. The van der Waals surface area contributed by atoms with Crippen molar-refractivity contribution in [3.8, 4) is 0 Å². The fourth-order valence-electron chi connectivity index (χ4n) is 2.48. The minimum Gasteiger partial charge on any atom is -0.481 e. The Morgan fingerprint density at radius 1 is 0.593 bits per heavy atom. The molecule has 27 heavy (non-hydrogen) atoms. The topological polar surface area (TPSA) is 112 Å². The highest BCUT2D eigenvalue weighted by atomic mass is 16.4. The minimum atomic E-state index is -1.31. The van der Waals surface area contributed by atoms with E-state index in [2.05, 4.69) is 19.1 Å². The van der Waals surface area contributed by atoms with Crippen LogP contribution in [0.15, 0.2) is 12.2 Å². The van der Waals surface area contributed by atoms with Gasteiger partial charge in [-0.25, -0.2) is 0 Å². The molecule has 0 unspecified atom stereocenters. The van der Waals surface area contributed by atoms with Crippen LogP contribution >= 0.6 is 0 Å². The molecule has 0 atom stereocenters. The Kier molecular flexibility index (Phi) is 22.5. The van der Waals surface area contributed by atoms with Crippen molar-refractivity contribution in [3.05, 3.63) is 12.2 Å². The van der Waals surface area contributed by atoms with Crippen LogP contribution in [-0.2, 0) is 14.4 Å². The third-order valence-corrected chi connectivity index (χ3v) is 3.95. The first-order valence-electron chi connectivity index (χ1n) is 10.2. The maximum atomic E-state index is 10.3. The van der Waals surface area contributed by atoms with E-state index in [0.717, 1.165) is 12.8 Å². The van der Waals surface area contributed by atoms with Crippen LogP contribution in [0, 0.1) is 0 Å². The standard InChI is InChI=1S/C18H34O2.C3H4O4/c1-2-3-4-5-6-7-8-9-10-11-12-13-14-15-16-17-18(19)20;4-2(5)1-3(6)7/h9-10H,2-8,11-17H2,1H3,(H,19,20);1H2,(H,4,5)(H,6,7). The SMILES string of the molecule is CCCCCCCCC=CCCCCCCCC(=O)O.O=C(O)CC(=O)O. The molecule has 3 N–H and O–H groups in total. The summed E-state index contributed by atoms with van der Waals surface area (Å²) >= 11 is 0. The average molecular weight is 387 g/mol. The summed E-state index contributed by atoms with van der Waals surface area (Å²) in [6.45, 7) is 2.26. The van der Waals surface area contributed by atoms with E-state index in [0.29, 0.717) is 6.42 Å². The highest BCUT2D eigenvalue weighted by Crippen LogP contribution is 2.09. The molecule has 0 saturated carbocycles. The van der Waals surface area contributed by atoms with Crippen LogP contribution in [0.2, 0.25) is 0 Å². The third kappa shape index (κ3) is 32.3. The Balaban J connectivity index is 0. The van der Waals surface area contributed by atoms with Crippen molar-refractivity contribution >= 4 is 17.9 Å². The number of aliphatic carboxylic acids is 3. The van der Waals surface area contributed by atoms with Crippen LogP contribution in [0.5, 0.6) is 0 Å². The van der Waals surface area contributed by atoms with Crippen molar-refractivity contribution in [2.75, 3.05) is 0 Å². The maximum Gasteiger partial charge on any atom is 0.314 e. The van der Waals surface area contributed by atoms with Crippen LogP contribution in [0.1, 0.15) is 103 Å². The molecule has 0 heterocycles. The largest absolute Gasteiger partial charge is 0.481 e. The lowest BCUT2D eigenvalue weighted by Gasteiger charge is -1.99. The van der Waals surface area contributed by atoms with E-state index >= 15 is 0 Å². The molecule has 158 valence electrons. The maximum absolute atomic E-state index is 10.3. The second-order valence-corrected chi connectivity index (χ2v) is 6.69. The van der Waals surface area contributed by atoms with Gasteiger partial charge in [-0.15, -0.1) is 0 Å². The van der Waals surface area contributed by atoms with Gasteiger partial charge in [0.2, 0.25) is 0 Å². The second-order valence-electron chi connectivity index (χ2n) is 6.69. The summed E-state index contributed by atoms with van der Waals surface area (Å²) in [6, 6.07) is 0. The summed E-state index contributed by atoms with van der Waals surface area (Å²) in [4.78, 5) is 29.2. The molecule has 0 saturated heterocycles. The predicted molar refractivity (Wildman–Crippen MR) is 107 cm³/mol. The monoisotopic (exact) mass is 386 g/mol. The first kappa shape index (κ1) is 27.4. The van der Waals surface area contributed by atoms with Crippen LogP contribution in [-0.4, -0.2) is 33.2 Å². The minimum absolute atomic E-state index is 0.332. The quantitative estimate of drug-likeness (QED) is 0.169. The second kappa shape index (κ2) is 22.2. The molecule has 0 aromatic heterocycles. The van der Waals surface area contributed by atoms with Crippen molar-refractivity contribution < 1.29 is 29.7 Å². The molecule has 0 aliphatic heterocycles. The number of carboxylic acids is 3. The zero-order valence-corrected chi connectivity index (χ0v) is 16.8. The van der Waals surface area contributed by atoms with E-state index < -0.39 is 24.3 Å². The summed E-state index contributed by atoms with van der Waals surface area (Å²) in [6.07, 6.45) is 20.4. The smallest absolute Gasteiger partial charge is 0.314 e. The van der Waals surface area contributed by atoms with E-state index in [-0.39, 0.29) is 0 Å². The molecule has 0 aliphatic carbocycles. The van der Waals surface area contributed by atoms with E-state index in [9.17, 15) is 14.4 Å². The van der Waals surface area contributed by atoms with Crippen molar-refractivity contribution in [2.45, 2.75) is 103 Å². The van der Waals surface area contributed by atoms with Crippen molar-refractivity contribution in [1.29, 1.82) is 0 Å². The van der Waals surface area contributed by atoms with Crippen molar-refractivity contribution in [1.82, 2.24) is 0 Å². The Labute approximate surface area is 163 Å². The molecule has 0 rings (SSSR count). The number of rotatable bonds is 17. The number of carboxylic acid groups (broad SMARTS) is 3. The van der Waals surface area contributed by atoms with Gasteiger partial charge in [-0.05, 0) is 32.1 Å². The first-order valence-corrected chi connectivity index (χ1v) is 10.2. The summed E-state index contributed by atoms with van der Waals surface area (Å²) in [5.41, 5.74) is 0. The fourth-order valence-corrected chi connectivity index (χ4v) is 2.48. The van der Waals surface area contributed by atoms with Gasteiger partial charge >= 0.3 is 17.9 Å². The molecule has 0 aliphatic rings. The van der Waals surface area contributed by atoms with Gasteiger partial charge in [0.1, 0.15) is 6.42 Å². The van der Waals surface area contributed by atoms with Gasteiger partial charge in [-0.1, -0.05) is 70.4 Å². The van der Waals surface area contributed by atoms with Crippen LogP contribution in [0.3, 0.4) is 0 Å².